The summed E-state index contributed by atoms with van der Waals surface area (Å²) in [6.07, 6.45) is 11.0. The lowest BCUT2D eigenvalue weighted by atomic mass is 10.0. The van der Waals surface area contributed by atoms with Gasteiger partial charge in [-0.3, -0.25) is 0 Å². The molecule has 3 nitrogen and oxygen atoms in total. The zero-order valence-corrected chi connectivity index (χ0v) is 14.0. The smallest absolute Gasteiger partial charge is 0.355 e. The zero-order valence-electron chi connectivity index (χ0n) is 14.0. The van der Waals surface area contributed by atoms with Crippen molar-refractivity contribution >= 4 is 5.97 Å². The number of rotatable bonds is 13. The van der Waals surface area contributed by atoms with E-state index in [4.69, 9.17) is 5.11 Å². The van der Waals surface area contributed by atoms with Crippen molar-refractivity contribution in [3.8, 4) is 0 Å². The maximum absolute atomic E-state index is 13.9. The number of carboxylic acid groups (broad SMARTS) is 1. The van der Waals surface area contributed by atoms with Gasteiger partial charge in [0.15, 0.2) is 11.5 Å². The van der Waals surface area contributed by atoms with Gasteiger partial charge in [-0.05, 0) is 6.42 Å². The first-order valence-corrected chi connectivity index (χ1v) is 8.79. The average Bonchev–Trinajstić information content (AvgIpc) is 2.87. The molecule has 0 saturated carbocycles. The van der Waals surface area contributed by atoms with Crippen molar-refractivity contribution in [3.05, 3.63) is 23.3 Å². The van der Waals surface area contributed by atoms with Crippen LogP contribution < -0.4 is 0 Å². The van der Waals surface area contributed by atoms with Crippen molar-refractivity contribution in [3.63, 3.8) is 0 Å². The van der Waals surface area contributed by atoms with E-state index in [-0.39, 0.29) is 12.0 Å². The fourth-order valence-electron chi connectivity index (χ4n) is 2.77. The van der Waals surface area contributed by atoms with Crippen molar-refractivity contribution in [1.29, 1.82) is 0 Å². The lowest BCUT2D eigenvalue weighted by molar-refractivity contribution is 0.0686. The Hall–Kier alpha value is -1.39. The molecule has 1 atom stereocenters. The summed E-state index contributed by atoms with van der Waals surface area (Å²) in [5.41, 5.74) is -0.374. The van der Waals surface area contributed by atoms with E-state index in [0.717, 1.165) is 19.3 Å². The molecular formula is C18H29F2NO2. The number of aromatic amines is 1. The van der Waals surface area contributed by atoms with Crippen LogP contribution in [0.3, 0.4) is 0 Å². The molecule has 0 spiro atoms. The molecule has 0 saturated heterocycles. The average molecular weight is 329 g/mol. The Labute approximate surface area is 137 Å². The highest BCUT2D eigenvalue weighted by molar-refractivity contribution is 5.86. The van der Waals surface area contributed by atoms with Crippen LogP contribution in [0.5, 0.6) is 0 Å². The molecule has 5 heteroatoms. The van der Waals surface area contributed by atoms with E-state index in [2.05, 4.69) is 11.9 Å². The second kappa shape index (κ2) is 11.2. The fraction of sp³-hybridized carbons (Fsp3) is 0.722. The summed E-state index contributed by atoms with van der Waals surface area (Å²) in [6, 6.07) is 0. The molecule has 0 aliphatic carbocycles. The van der Waals surface area contributed by atoms with Gasteiger partial charge in [-0.25, -0.2) is 13.6 Å². The van der Waals surface area contributed by atoms with E-state index in [9.17, 15) is 13.6 Å². The van der Waals surface area contributed by atoms with Gasteiger partial charge >= 0.3 is 5.97 Å². The Balaban J connectivity index is 2.11. The molecule has 0 radical (unpaired) electrons. The van der Waals surface area contributed by atoms with Gasteiger partial charge in [0, 0.05) is 18.2 Å². The van der Waals surface area contributed by atoms with Crippen molar-refractivity contribution < 1.29 is 18.7 Å². The van der Waals surface area contributed by atoms with Crippen LogP contribution >= 0.6 is 0 Å². The minimum atomic E-state index is -1.36. The summed E-state index contributed by atoms with van der Waals surface area (Å²) in [5.74, 6) is -2.20. The third-order valence-corrected chi connectivity index (χ3v) is 4.17. The van der Waals surface area contributed by atoms with Crippen LogP contribution in [0, 0.1) is 5.82 Å². The second-order valence-corrected chi connectivity index (χ2v) is 6.23. The molecule has 1 aromatic rings. The minimum Gasteiger partial charge on any atom is -0.476 e. The van der Waals surface area contributed by atoms with Crippen LogP contribution in [0.1, 0.15) is 87.2 Å². The van der Waals surface area contributed by atoms with Gasteiger partial charge in [0.1, 0.15) is 6.17 Å². The van der Waals surface area contributed by atoms with E-state index >= 15 is 0 Å². The molecule has 1 unspecified atom stereocenters. The van der Waals surface area contributed by atoms with E-state index in [1.165, 1.54) is 44.7 Å². The number of aromatic nitrogens is 1. The maximum atomic E-state index is 13.9. The number of halogens is 2. The molecule has 0 aromatic carbocycles. The monoisotopic (exact) mass is 329 g/mol. The van der Waals surface area contributed by atoms with Gasteiger partial charge in [0.2, 0.25) is 0 Å². The number of alkyl halides is 1. The lowest BCUT2D eigenvalue weighted by Crippen LogP contribution is -2.06. The molecule has 1 rings (SSSR count). The molecule has 0 bridgehead atoms. The quantitative estimate of drug-likeness (QED) is 0.459. The van der Waals surface area contributed by atoms with Gasteiger partial charge in [0.25, 0.3) is 0 Å². The number of nitrogens with one attached hydrogen (secondary N) is 1. The van der Waals surface area contributed by atoms with Gasteiger partial charge in [0.05, 0.1) is 0 Å². The molecule has 0 aliphatic heterocycles. The van der Waals surface area contributed by atoms with E-state index in [1.807, 2.05) is 0 Å². The fourth-order valence-corrected chi connectivity index (χ4v) is 2.77. The highest BCUT2D eigenvalue weighted by Crippen LogP contribution is 2.18. The molecule has 2 N–H and O–H groups in total. The number of H-pyrrole nitrogens is 1. The molecule has 132 valence electrons. The first-order valence-electron chi connectivity index (χ1n) is 8.79. The minimum absolute atomic E-state index is 0.0629. The topological polar surface area (TPSA) is 53.1 Å². The van der Waals surface area contributed by atoms with Crippen LogP contribution in [-0.2, 0) is 6.42 Å². The summed E-state index contributed by atoms with van der Waals surface area (Å²) in [7, 11) is 0. The molecule has 0 aliphatic rings. The SMILES string of the molecule is CCCCCCCCCCCC(F)Cc1c[nH]c(C(=O)O)c1F. The van der Waals surface area contributed by atoms with Crippen LogP contribution in [0.2, 0.25) is 0 Å². The highest BCUT2D eigenvalue weighted by Gasteiger charge is 2.19. The Morgan fingerprint density at radius 1 is 1.13 bits per heavy atom. The lowest BCUT2D eigenvalue weighted by Gasteiger charge is -2.07. The van der Waals surface area contributed by atoms with E-state index < -0.39 is 23.7 Å². The Kier molecular flexibility index (Phi) is 9.57. The van der Waals surface area contributed by atoms with E-state index in [1.54, 1.807) is 0 Å². The summed E-state index contributed by atoms with van der Waals surface area (Å²) in [5, 5.41) is 8.74. The molecule has 23 heavy (non-hydrogen) atoms. The first kappa shape index (κ1) is 19.7. The van der Waals surface area contributed by atoms with Crippen LogP contribution in [0.4, 0.5) is 8.78 Å². The number of carboxylic acids is 1. The molecular weight excluding hydrogens is 300 g/mol. The summed E-state index contributed by atoms with van der Waals surface area (Å²) in [6.45, 7) is 2.20. The normalized spacial score (nSPS) is 12.5. The second-order valence-electron chi connectivity index (χ2n) is 6.23. The van der Waals surface area contributed by atoms with Gasteiger partial charge < -0.3 is 10.1 Å². The summed E-state index contributed by atoms with van der Waals surface area (Å²) in [4.78, 5) is 13.1. The van der Waals surface area contributed by atoms with Crippen LogP contribution in [0.25, 0.3) is 0 Å². The Morgan fingerprint density at radius 2 is 1.70 bits per heavy atom. The zero-order chi connectivity index (χ0) is 17.1. The number of carbonyl (C=O) groups is 1. The number of hydrogen-bond acceptors (Lipinski definition) is 1. The van der Waals surface area contributed by atoms with Crippen LogP contribution in [-0.4, -0.2) is 22.2 Å². The molecule has 1 aromatic heterocycles. The Bertz CT molecular complexity index is 460. The predicted octanol–water partition coefficient (Wildman–Crippen LogP) is 5.65. The van der Waals surface area contributed by atoms with E-state index in [0.29, 0.717) is 6.42 Å². The predicted molar refractivity (Wildman–Crippen MR) is 88.2 cm³/mol. The standard InChI is InChI=1S/C18H29F2NO2/c1-2-3-4-5-6-7-8-9-10-11-15(19)12-14-13-21-17(16(14)20)18(22)23/h13,15,21H,2-12H2,1H3,(H,22,23). The van der Waals surface area contributed by atoms with Gasteiger partial charge in [-0.1, -0.05) is 64.7 Å². The maximum Gasteiger partial charge on any atom is 0.355 e. The van der Waals surface area contributed by atoms with Gasteiger partial charge in [-0.2, -0.15) is 0 Å². The van der Waals surface area contributed by atoms with Crippen molar-refractivity contribution in [2.45, 2.75) is 83.7 Å². The highest BCUT2D eigenvalue weighted by atomic mass is 19.1. The van der Waals surface area contributed by atoms with Crippen molar-refractivity contribution in [1.82, 2.24) is 4.98 Å². The summed E-state index contributed by atoms with van der Waals surface area (Å²) >= 11 is 0. The van der Waals surface area contributed by atoms with Crippen molar-refractivity contribution in [2.24, 2.45) is 0 Å². The largest absolute Gasteiger partial charge is 0.476 e. The number of unbranched alkanes of at least 4 members (excludes halogenated alkanes) is 8. The van der Waals surface area contributed by atoms with Crippen molar-refractivity contribution in [2.75, 3.05) is 0 Å². The van der Waals surface area contributed by atoms with Gasteiger partial charge in [-0.15, -0.1) is 0 Å². The third kappa shape index (κ3) is 7.62. The molecule has 0 fully saturated rings. The molecule has 1 heterocycles. The number of hydrogen-bond donors (Lipinski definition) is 2. The number of aromatic carboxylic acids is 1. The molecule has 0 amide bonds. The summed E-state index contributed by atoms with van der Waals surface area (Å²) < 4.78 is 27.5. The van der Waals surface area contributed by atoms with Crippen LogP contribution in [0.15, 0.2) is 6.20 Å². The first-order chi connectivity index (χ1) is 11.1. The third-order valence-electron chi connectivity index (χ3n) is 4.17. The Morgan fingerprint density at radius 3 is 2.22 bits per heavy atom.